The van der Waals surface area contributed by atoms with Crippen LogP contribution in [0.1, 0.15) is 47.3 Å². The zero-order valence-electron chi connectivity index (χ0n) is 16.4. The molecule has 1 aliphatic rings. The molecular formula is C20H23N5O3. The van der Waals surface area contributed by atoms with Crippen molar-refractivity contribution in [2.24, 2.45) is 5.41 Å². The van der Waals surface area contributed by atoms with Crippen molar-refractivity contribution in [1.82, 2.24) is 19.3 Å². The molecule has 1 aliphatic heterocycles. The summed E-state index contributed by atoms with van der Waals surface area (Å²) >= 11 is 0. The summed E-state index contributed by atoms with van der Waals surface area (Å²) in [5, 5.41) is 7.26. The number of nitrogens with zero attached hydrogens (tertiary/aromatic N) is 4. The van der Waals surface area contributed by atoms with Crippen LogP contribution in [0.25, 0.3) is 11.0 Å². The van der Waals surface area contributed by atoms with E-state index in [0.717, 1.165) is 17.5 Å². The third kappa shape index (κ3) is 3.04. The molecule has 4 rings (SSSR count). The van der Waals surface area contributed by atoms with Crippen LogP contribution in [0.2, 0.25) is 0 Å². The normalized spacial score (nSPS) is 15.1. The number of nitrogens with one attached hydrogen (secondary N) is 1. The topological polar surface area (TPSA) is 91.0 Å². The number of imidazole rings is 1. The molecule has 0 unspecified atom stereocenters. The maximum atomic E-state index is 12.9. The Morgan fingerprint density at radius 2 is 2.14 bits per heavy atom. The molecule has 0 fully saturated rings. The smallest absolute Gasteiger partial charge is 0.276 e. The number of carbonyl (C=O) groups excluding carboxylic acids is 2. The van der Waals surface area contributed by atoms with E-state index in [-0.39, 0.29) is 11.3 Å². The molecule has 1 aromatic carbocycles. The minimum Gasteiger partial charge on any atom is -0.491 e. The van der Waals surface area contributed by atoms with E-state index in [1.54, 1.807) is 22.9 Å². The molecule has 0 spiro atoms. The summed E-state index contributed by atoms with van der Waals surface area (Å²) < 4.78 is 9.60. The second-order valence-electron chi connectivity index (χ2n) is 7.92. The Morgan fingerprint density at radius 1 is 1.36 bits per heavy atom. The Balaban J connectivity index is 1.82. The van der Waals surface area contributed by atoms with Gasteiger partial charge in [-0.15, -0.1) is 0 Å². The summed E-state index contributed by atoms with van der Waals surface area (Å²) in [7, 11) is 0. The van der Waals surface area contributed by atoms with Gasteiger partial charge in [-0.25, -0.2) is 4.98 Å². The molecule has 3 aromatic rings. The summed E-state index contributed by atoms with van der Waals surface area (Å²) in [6.07, 6.45) is 0.773. The Hall–Kier alpha value is -3.16. The van der Waals surface area contributed by atoms with Gasteiger partial charge in [0, 0.05) is 24.1 Å². The average molecular weight is 381 g/mol. The fourth-order valence-corrected chi connectivity index (χ4v) is 3.56. The number of benzene rings is 1. The standard InChI is InChI=1S/C20H23N5O3/c1-5-25-15(6-12(2)23-25)18(27)22-19-21-14-7-13(9-26)8-16-17(14)24(19)10-20(3,4)11-28-16/h6-9H,5,10-11H2,1-4H3,(H,21,22,27). The number of amides is 1. The Bertz CT molecular complexity index is 1090. The van der Waals surface area contributed by atoms with Crippen molar-refractivity contribution in [3.05, 3.63) is 35.2 Å². The van der Waals surface area contributed by atoms with Gasteiger partial charge in [-0.2, -0.15) is 5.10 Å². The van der Waals surface area contributed by atoms with Crippen molar-refractivity contribution in [3.63, 3.8) is 0 Å². The quantitative estimate of drug-likeness (QED) is 0.702. The predicted octanol–water partition coefficient (Wildman–Crippen LogP) is 3.04. The van der Waals surface area contributed by atoms with E-state index in [1.165, 1.54) is 0 Å². The number of ether oxygens (including phenoxy) is 1. The largest absolute Gasteiger partial charge is 0.491 e. The number of aromatic nitrogens is 4. The zero-order valence-corrected chi connectivity index (χ0v) is 16.4. The van der Waals surface area contributed by atoms with Crippen molar-refractivity contribution >= 4 is 29.2 Å². The molecule has 1 N–H and O–H groups in total. The highest BCUT2D eigenvalue weighted by molar-refractivity contribution is 6.03. The molecule has 0 radical (unpaired) electrons. The van der Waals surface area contributed by atoms with Gasteiger partial charge in [0.2, 0.25) is 5.95 Å². The molecule has 2 aromatic heterocycles. The lowest BCUT2D eigenvalue weighted by molar-refractivity contribution is 0.101. The first-order valence-corrected chi connectivity index (χ1v) is 9.29. The number of anilines is 1. The van der Waals surface area contributed by atoms with Gasteiger partial charge in [-0.05, 0) is 32.0 Å². The molecular weight excluding hydrogens is 358 g/mol. The summed E-state index contributed by atoms with van der Waals surface area (Å²) in [5.41, 5.74) is 2.99. The highest BCUT2D eigenvalue weighted by atomic mass is 16.5. The molecule has 1 amide bonds. The van der Waals surface area contributed by atoms with E-state index in [1.807, 2.05) is 18.4 Å². The van der Waals surface area contributed by atoms with Gasteiger partial charge in [0.25, 0.3) is 5.91 Å². The molecule has 28 heavy (non-hydrogen) atoms. The fraction of sp³-hybridized carbons (Fsp3) is 0.400. The monoisotopic (exact) mass is 381 g/mol. The first-order chi connectivity index (χ1) is 13.3. The summed E-state index contributed by atoms with van der Waals surface area (Å²) in [6, 6.07) is 5.18. The van der Waals surface area contributed by atoms with Gasteiger partial charge in [-0.3, -0.25) is 19.6 Å². The highest BCUT2D eigenvalue weighted by Gasteiger charge is 2.29. The van der Waals surface area contributed by atoms with Crippen LogP contribution in [0.5, 0.6) is 5.75 Å². The van der Waals surface area contributed by atoms with Crippen LogP contribution in [0.3, 0.4) is 0 Å². The number of hydrogen-bond acceptors (Lipinski definition) is 5. The van der Waals surface area contributed by atoms with Crippen LogP contribution in [0.4, 0.5) is 5.95 Å². The number of hydrogen-bond donors (Lipinski definition) is 1. The second kappa shape index (κ2) is 6.47. The Morgan fingerprint density at radius 3 is 2.86 bits per heavy atom. The van der Waals surface area contributed by atoms with Gasteiger partial charge >= 0.3 is 0 Å². The average Bonchev–Trinajstić information content (AvgIpc) is 3.15. The van der Waals surface area contributed by atoms with Crippen LogP contribution in [-0.4, -0.2) is 38.1 Å². The van der Waals surface area contributed by atoms with Gasteiger partial charge in [0.05, 0.1) is 17.8 Å². The van der Waals surface area contributed by atoms with E-state index in [2.05, 4.69) is 29.2 Å². The Labute approximate surface area is 162 Å². The van der Waals surface area contributed by atoms with Crippen molar-refractivity contribution < 1.29 is 14.3 Å². The van der Waals surface area contributed by atoms with Gasteiger partial charge in [0.1, 0.15) is 23.2 Å². The third-order valence-corrected chi connectivity index (χ3v) is 4.83. The molecule has 0 saturated heterocycles. The van der Waals surface area contributed by atoms with E-state index in [9.17, 15) is 9.59 Å². The molecule has 0 bridgehead atoms. The lowest BCUT2D eigenvalue weighted by atomic mass is 9.95. The lowest BCUT2D eigenvalue weighted by Crippen LogP contribution is -2.26. The number of rotatable bonds is 4. The first-order valence-electron chi connectivity index (χ1n) is 9.29. The van der Waals surface area contributed by atoms with Crippen LogP contribution in [-0.2, 0) is 13.1 Å². The van der Waals surface area contributed by atoms with E-state index >= 15 is 0 Å². The maximum absolute atomic E-state index is 12.9. The van der Waals surface area contributed by atoms with Crippen molar-refractivity contribution in [2.45, 2.75) is 40.8 Å². The first kappa shape index (κ1) is 18.2. The van der Waals surface area contributed by atoms with Gasteiger partial charge in [0.15, 0.2) is 0 Å². The van der Waals surface area contributed by atoms with Crippen LogP contribution in [0, 0.1) is 12.3 Å². The minimum atomic E-state index is -0.269. The highest BCUT2D eigenvalue weighted by Crippen LogP contribution is 2.36. The van der Waals surface area contributed by atoms with Gasteiger partial charge < -0.3 is 9.30 Å². The van der Waals surface area contributed by atoms with E-state index in [4.69, 9.17) is 4.74 Å². The van der Waals surface area contributed by atoms with E-state index in [0.29, 0.717) is 48.2 Å². The molecule has 8 nitrogen and oxygen atoms in total. The number of aldehydes is 1. The summed E-state index contributed by atoms with van der Waals surface area (Å²) in [4.78, 5) is 28.8. The molecule has 146 valence electrons. The summed E-state index contributed by atoms with van der Waals surface area (Å²) in [5.74, 6) is 0.770. The molecule has 8 heteroatoms. The van der Waals surface area contributed by atoms with Gasteiger partial charge in [-0.1, -0.05) is 13.8 Å². The summed E-state index contributed by atoms with van der Waals surface area (Å²) in [6.45, 7) is 9.70. The zero-order chi connectivity index (χ0) is 20.1. The second-order valence-corrected chi connectivity index (χ2v) is 7.92. The van der Waals surface area contributed by atoms with Crippen LogP contribution in [0.15, 0.2) is 18.2 Å². The fourth-order valence-electron chi connectivity index (χ4n) is 3.56. The molecule has 3 heterocycles. The van der Waals surface area contributed by atoms with E-state index < -0.39 is 0 Å². The molecule has 0 saturated carbocycles. The third-order valence-electron chi connectivity index (χ3n) is 4.83. The minimum absolute atomic E-state index is 0.171. The van der Waals surface area contributed by atoms with Crippen molar-refractivity contribution in [1.29, 1.82) is 0 Å². The predicted molar refractivity (Wildman–Crippen MR) is 105 cm³/mol. The van der Waals surface area contributed by atoms with Crippen LogP contribution < -0.4 is 10.1 Å². The Kier molecular flexibility index (Phi) is 4.21. The lowest BCUT2D eigenvalue weighted by Gasteiger charge is -2.23. The molecule has 0 aliphatic carbocycles. The number of aryl methyl sites for hydroxylation is 2. The van der Waals surface area contributed by atoms with Crippen molar-refractivity contribution in [2.75, 3.05) is 11.9 Å². The number of carbonyl (C=O) groups is 2. The van der Waals surface area contributed by atoms with Crippen molar-refractivity contribution in [3.8, 4) is 5.75 Å². The molecule has 0 atom stereocenters. The SMILES string of the molecule is CCn1nc(C)cc1C(=O)Nc1nc2cc(C=O)cc3c2n1CC(C)(C)CO3. The maximum Gasteiger partial charge on any atom is 0.276 e. The van der Waals surface area contributed by atoms with Crippen LogP contribution >= 0.6 is 0 Å².